The zero-order chi connectivity index (χ0) is 9.40. The number of hydrogen-bond donors (Lipinski definition) is 0. The molecule has 0 aromatic rings. The molecule has 0 saturated carbocycles. The van der Waals surface area contributed by atoms with Crippen molar-refractivity contribution in [2.45, 2.75) is 25.7 Å². The molecule has 0 rings (SSSR count). The van der Waals surface area contributed by atoms with Crippen molar-refractivity contribution in [1.82, 2.24) is 0 Å². The average molecular weight is 304 g/mol. The van der Waals surface area contributed by atoms with Gasteiger partial charge in [-0.15, -0.1) is 0 Å². The maximum Gasteiger partial charge on any atom is 0.107 e. The summed E-state index contributed by atoms with van der Waals surface area (Å²) in [6, 6.07) is 0. The molecule has 0 spiro atoms. The molecule has 0 radical (unpaired) electrons. The Hall–Kier alpha value is 0.300. The normalized spacial score (nSPS) is 13.7. The van der Waals surface area contributed by atoms with Gasteiger partial charge < -0.3 is 0 Å². The van der Waals surface area contributed by atoms with Gasteiger partial charge in [-0.05, 0) is 25.7 Å². The molecule has 0 aliphatic heterocycles. The summed E-state index contributed by atoms with van der Waals surface area (Å²) in [5.41, 5.74) is 0. The molecular weight excluding hydrogens is 294 g/mol. The Labute approximate surface area is 88.0 Å². The third-order valence-corrected chi connectivity index (χ3v) is 2.31. The van der Waals surface area contributed by atoms with E-state index in [4.69, 9.17) is 0 Å². The molecule has 12 heavy (non-hydrogen) atoms. The van der Waals surface area contributed by atoms with Crippen LogP contribution in [0.3, 0.4) is 0 Å². The maximum atomic E-state index is 12.4. The predicted octanol–water partition coefficient (Wildman–Crippen LogP) is 4.96. The fourth-order valence-electron chi connectivity index (χ4n) is 0.697. The van der Waals surface area contributed by atoms with Crippen LogP contribution >= 0.6 is 31.9 Å². The van der Waals surface area contributed by atoms with E-state index in [0.717, 1.165) is 0 Å². The summed E-state index contributed by atoms with van der Waals surface area (Å²) in [7, 11) is 0. The molecule has 0 fully saturated rings. The van der Waals surface area contributed by atoms with Crippen molar-refractivity contribution in [3.8, 4) is 0 Å². The van der Waals surface area contributed by atoms with Crippen molar-refractivity contribution in [1.29, 1.82) is 0 Å². The standard InChI is InChI=1S/C8H10Br2F2/c9-5-7(11)3-1-2-4-8(12)6-10/h5-6H,1-4H2/b7-5-,8-6-. The topological polar surface area (TPSA) is 0 Å². The lowest BCUT2D eigenvalue weighted by Crippen LogP contribution is -1.79. The molecule has 0 atom stereocenters. The fourth-order valence-corrected chi connectivity index (χ4v) is 1.15. The van der Waals surface area contributed by atoms with Gasteiger partial charge in [-0.3, -0.25) is 0 Å². The highest BCUT2D eigenvalue weighted by atomic mass is 79.9. The zero-order valence-electron chi connectivity index (χ0n) is 6.49. The van der Waals surface area contributed by atoms with Crippen molar-refractivity contribution in [2.24, 2.45) is 0 Å². The van der Waals surface area contributed by atoms with Crippen LogP contribution < -0.4 is 0 Å². The van der Waals surface area contributed by atoms with Gasteiger partial charge in [-0.1, -0.05) is 31.9 Å². The SMILES string of the molecule is F/C(=C\Br)CCCC/C(F)=C/Br. The first-order valence-corrected chi connectivity index (χ1v) is 5.43. The molecular formula is C8H10Br2F2. The molecule has 0 aromatic carbocycles. The van der Waals surface area contributed by atoms with E-state index in [2.05, 4.69) is 31.9 Å². The Kier molecular flexibility index (Phi) is 8.12. The van der Waals surface area contributed by atoms with Gasteiger partial charge in [0.25, 0.3) is 0 Å². The molecule has 0 aromatic heterocycles. The minimum Gasteiger partial charge on any atom is -0.211 e. The highest BCUT2D eigenvalue weighted by Crippen LogP contribution is 2.15. The molecule has 0 heterocycles. The van der Waals surface area contributed by atoms with E-state index in [1.54, 1.807) is 0 Å². The van der Waals surface area contributed by atoms with Gasteiger partial charge in [0.05, 0.1) is 0 Å². The number of allylic oxidation sites excluding steroid dienone is 2. The van der Waals surface area contributed by atoms with Crippen molar-refractivity contribution in [3.63, 3.8) is 0 Å². The van der Waals surface area contributed by atoms with E-state index in [0.29, 0.717) is 25.7 Å². The molecule has 0 bridgehead atoms. The van der Waals surface area contributed by atoms with Crippen LogP contribution in [0.15, 0.2) is 21.6 Å². The maximum absolute atomic E-state index is 12.4. The lowest BCUT2D eigenvalue weighted by molar-refractivity contribution is 0.534. The van der Waals surface area contributed by atoms with Gasteiger partial charge in [0.2, 0.25) is 0 Å². The summed E-state index contributed by atoms with van der Waals surface area (Å²) < 4.78 is 24.9. The number of hydrogen-bond acceptors (Lipinski definition) is 0. The molecule has 70 valence electrons. The minimum atomic E-state index is -0.196. The molecule has 0 unspecified atom stereocenters. The molecule has 0 nitrogen and oxygen atoms in total. The van der Waals surface area contributed by atoms with Crippen LogP contribution in [0.25, 0.3) is 0 Å². The van der Waals surface area contributed by atoms with Crippen molar-refractivity contribution < 1.29 is 8.78 Å². The Bertz CT molecular complexity index is 156. The van der Waals surface area contributed by atoms with E-state index < -0.39 is 0 Å². The monoisotopic (exact) mass is 302 g/mol. The third-order valence-electron chi connectivity index (χ3n) is 1.32. The van der Waals surface area contributed by atoms with E-state index in [1.165, 1.54) is 9.97 Å². The fraction of sp³-hybridized carbons (Fsp3) is 0.500. The van der Waals surface area contributed by atoms with Crippen molar-refractivity contribution in [3.05, 3.63) is 21.6 Å². The Morgan fingerprint density at radius 1 is 0.917 bits per heavy atom. The summed E-state index contributed by atoms with van der Waals surface area (Å²) in [5.74, 6) is -0.392. The second-order valence-corrected chi connectivity index (χ2v) is 3.23. The summed E-state index contributed by atoms with van der Waals surface area (Å²) >= 11 is 5.76. The lowest BCUT2D eigenvalue weighted by atomic mass is 10.2. The van der Waals surface area contributed by atoms with Crippen LogP contribution in [-0.2, 0) is 0 Å². The van der Waals surface area contributed by atoms with Gasteiger partial charge in [0.15, 0.2) is 0 Å². The molecule has 0 aliphatic rings. The largest absolute Gasteiger partial charge is 0.211 e. The number of unbranched alkanes of at least 4 members (excludes halogenated alkanes) is 1. The Morgan fingerprint density at radius 2 is 1.25 bits per heavy atom. The Balaban J connectivity index is 3.34. The van der Waals surface area contributed by atoms with Crippen molar-refractivity contribution >= 4 is 31.9 Å². The lowest BCUT2D eigenvalue weighted by Gasteiger charge is -1.96. The smallest absolute Gasteiger partial charge is 0.107 e. The quantitative estimate of drug-likeness (QED) is 0.630. The zero-order valence-corrected chi connectivity index (χ0v) is 9.67. The van der Waals surface area contributed by atoms with Gasteiger partial charge in [-0.25, -0.2) is 8.78 Å². The molecule has 4 heteroatoms. The first-order valence-electron chi connectivity index (χ1n) is 3.60. The molecule has 0 saturated heterocycles. The number of rotatable bonds is 5. The highest BCUT2D eigenvalue weighted by molar-refractivity contribution is 9.11. The Morgan fingerprint density at radius 3 is 1.50 bits per heavy atom. The number of halogens is 4. The predicted molar refractivity (Wildman–Crippen MR) is 54.7 cm³/mol. The van der Waals surface area contributed by atoms with E-state index in [9.17, 15) is 8.78 Å². The summed E-state index contributed by atoms with van der Waals surface area (Å²) in [4.78, 5) is 2.51. The van der Waals surface area contributed by atoms with Gasteiger partial charge >= 0.3 is 0 Å². The first kappa shape index (κ1) is 12.3. The van der Waals surface area contributed by atoms with E-state index in [1.807, 2.05) is 0 Å². The molecule has 0 aliphatic carbocycles. The summed E-state index contributed by atoms with van der Waals surface area (Å²) in [6.45, 7) is 0. The van der Waals surface area contributed by atoms with Crippen LogP contribution in [0.2, 0.25) is 0 Å². The second kappa shape index (κ2) is 7.92. The van der Waals surface area contributed by atoms with Crippen LogP contribution in [-0.4, -0.2) is 0 Å². The first-order chi connectivity index (χ1) is 5.70. The van der Waals surface area contributed by atoms with Gasteiger partial charge in [-0.2, -0.15) is 0 Å². The van der Waals surface area contributed by atoms with Crippen LogP contribution in [0, 0.1) is 0 Å². The van der Waals surface area contributed by atoms with Crippen LogP contribution in [0.5, 0.6) is 0 Å². The van der Waals surface area contributed by atoms with Gasteiger partial charge in [0.1, 0.15) is 11.7 Å². The van der Waals surface area contributed by atoms with E-state index in [-0.39, 0.29) is 11.7 Å². The van der Waals surface area contributed by atoms with Crippen LogP contribution in [0.4, 0.5) is 8.78 Å². The molecule has 0 amide bonds. The third kappa shape index (κ3) is 6.98. The minimum absolute atomic E-state index is 0.196. The summed E-state index contributed by atoms with van der Waals surface area (Å²) in [6.07, 6.45) is 2.09. The van der Waals surface area contributed by atoms with Crippen LogP contribution in [0.1, 0.15) is 25.7 Å². The van der Waals surface area contributed by atoms with Gasteiger partial charge in [0, 0.05) is 9.97 Å². The summed E-state index contributed by atoms with van der Waals surface area (Å²) in [5, 5.41) is 0. The highest BCUT2D eigenvalue weighted by Gasteiger charge is 1.96. The van der Waals surface area contributed by atoms with Crippen molar-refractivity contribution in [2.75, 3.05) is 0 Å². The van der Waals surface area contributed by atoms with E-state index >= 15 is 0 Å². The average Bonchev–Trinajstić information content (AvgIpc) is 2.11. The second-order valence-electron chi connectivity index (χ2n) is 2.32. The molecule has 0 N–H and O–H groups in total.